The first-order valence-corrected chi connectivity index (χ1v) is 5.65. The normalized spacial score (nSPS) is 27.2. The van der Waals surface area contributed by atoms with Gasteiger partial charge in [-0.15, -0.1) is 0 Å². The van der Waals surface area contributed by atoms with Crippen molar-refractivity contribution in [3.63, 3.8) is 0 Å². The Labute approximate surface area is 97.2 Å². The van der Waals surface area contributed by atoms with Gasteiger partial charge in [-0.2, -0.15) is 5.10 Å². The van der Waals surface area contributed by atoms with Gasteiger partial charge in [-0.25, -0.2) is 0 Å². The van der Waals surface area contributed by atoms with Gasteiger partial charge in [-0.3, -0.25) is 5.43 Å². The molecule has 0 atom stereocenters. The quantitative estimate of drug-likeness (QED) is 0.688. The molecular formula is C11H19BN2O2. The fraction of sp³-hybridized carbons (Fsp3) is 0.727. The van der Waals surface area contributed by atoms with Crippen molar-refractivity contribution in [2.75, 3.05) is 0 Å². The molecule has 1 N–H and O–H groups in total. The molecule has 5 heteroatoms. The van der Waals surface area contributed by atoms with Crippen LogP contribution >= 0.6 is 0 Å². The fourth-order valence-electron chi connectivity index (χ4n) is 1.76. The number of allylic oxidation sites excluding steroid dienone is 1. The second kappa shape index (κ2) is 3.60. The highest BCUT2D eigenvalue weighted by atomic mass is 16.7. The Bertz CT molecular complexity index is 345. The average molecular weight is 222 g/mol. The van der Waals surface area contributed by atoms with Crippen molar-refractivity contribution < 1.29 is 9.31 Å². The molecule has 2 aliphatic heterocycles. The Balaban J connectivity index is 2.12. The molecular weight excluding hydrogens is 203 g/mol. The lowest BCUT2D eigenvalue weighted by atomic mass is 9.75. The molecule has 0 radical (unpaired) electrons. The zero-order valence-corrected chi connectivity index (χ0v) is 10.6. The first-order chi connectivity index (χ1) is 7.32. The minimum absolute atomic E-state index is 0.261. The first-order valence-electron chi connectivity index (χ1n) is 5.65. The summed E-state index contributed by atoms with van der Waals surface area (Å²) in [5.74, 6) is 0. The Morgan fingerprint density at radius 1 is 1.25 bits per heavy atom. The van der Waals surface area contributed by atoms with Gasteiger partial charge >= 0.3 is 7.12 Å². The third-order valence-corrected chi connectivity index (χ3v) is 3.52. The van der Waals surface area contributed by atoms with E-state index in [1.165, 1.54) is 0 Å². The van der Waals surface area contributed by atoms with Crippen LogP contribution in [0.25, 0.3) is 0 Å². The average Bonchev–Trinajstić information content (AvgIpc) is 2.36. The number of hydrogen-bond acceptors (Lipinski definition) is 4. The molecule has 1 fully saturated rings. The molecule has 0 bridgehead atoms. The van der Waals surface area contributed by atoms with Crippen molar-refractivity contribution in [3.05, 3.63) is 11.7 Å². The van der Waals surface area contributed by atoms with E-state index < -0.39 is 0 Å². The van der Waals surface area contributed by atoms with Crippen molar-refractivity contribution in [1.82, 2.24) is 5.43 Å². The first kappa shape index (κ1) is 11.7. The van der Waals surface area contributed by atoms with E-state index in [4.69, 9.17) is 9.31 Å². The van der Waals surface area contributed by atoms with Crippen molar-refractivity contribution >= 4 is 12.8 Å². The minimum Gasteiger partial charge on any atom is -0.400 e. The lowest BCUT2D eigenvalue weighted by molar-refractivity contribution is 0.00578. The second-order valence-electron chi connectivity index (χ2n) is 5.46. The molecule has 0 aromatic rings. The van der Waals surface area contributed by atoms with Gasteiger partial charge in [-0.05, 0) is 40.1 Å². The van der Waals surface area contributed by atoms with E-state index in [1.807, 2.05) is 13.1 Å². The smallest absolute Gasteiger partial charge is 0.400 e. The largest absolute Gasteiger partial charge is 0.492 e. The molecule has 0 aromatic carbocycles. The molecule has 2 heterocycles. The maximum atomic E-state index is 5.97. The summed E-state index contributed by atoms with van der Waals surface area (Å²) in [5.41, 5.74) is 4.48. The summed E-state index contributed by atoms with van der Waals surface area (Å²) in [6.07, 6.45) is 2.68. The predicted octanol–water partition coefficient (Wildman–Crippen LogP) is 1.87. The van der Waals surface area contributed by atoms with E-state index in [0.29, 0.717) is 0 Å². The van der Waals surface area contributed by atoms with Crippen LogP contribution in [0.2, 0.25) is 0 Å². The molecule has 0 aromatic heterocycles. The third kappa shape index (κ3) is 1.89. The Kier molecular flexibility index (Phi) is 2.63. The van der Waals surface area contributed by atoms with Crippen LogP contribution < -0.4 is 5.43 Å². The van der Waals surface area contributed by atoms with E-state index in [0.717, 1.165) is 17.6 Å². The molecule has 2 aliphatic rings. The topological polar surface area (TPSA) is 42.9 Å². The number of nitrogens with one attached hydrogen (secondary N) is 1. The molecule has 0 amide bonds. The summed E-state index contributed by atoms with van der Waals surface area (Å²) in [6.45, 7) is 10.2. The zero-order chi connectivity index (χ0) is 12.0. The van der Waals surface area contributed by atoms with E-state index >= 15 is 0 Å². The summed E-state index contributed by atoms with van der Waals surface area (Å²) < 4.78 is 11.9. The molecule has 0 spiro atoms. The minimum atomic E-state index is -0.277. The van der Waals surface area contributed by atoms with Gasteiger partial charge in [-0.1, -0.05) is 0 Å². The standard InChI is InChI=1S/C11H19BN2O2/c1-8-6-9(7-13-14-8)12-15-10(2,3)11(4,5)16-12/h7,13H,6H2,1-5H3. The summed E-state index contributed by atoms with van der Waals surface area (Å²) in [4.78, 5) is 0. The van der Waals surface area contributed by atoms with Crippen LogP contribution in [0.3, 0.4) is 0 Å². The van der Waals surface area contributed by atoms with Crippen molar-refractivity contribution in [2.45, 2.75) is 52.2 Å². The van der Waals surface area contributed by atoms with Crippen LogP contribution in [-0.2, 0) is 9.31 Å². The maximum Gasteiger partial charge on any atom is 0.492 e. The van der Waals surface area contributed by atoms with E-state index in [9.17, 15) is 0 Å². The molecule has 2 rings (SSSR count). The summed E-state index contributed by atoms with van der Waals surface area (Å²) in [5, 5.41) is 4.10. The molecule has 88 valence electrons. The SMILES string of the molecule is CC1=NNC=C(B2OC(C)(C)C(C)(C)O2)C1. The second-order valence-corrected chi connectivity index (χ2v) is 5.46. The number of hydrogen-bond donors (Lipinski definition) is 1. The van der Waals surface area contributed by atoms with Crippen LogP contribution in [0.1, 0.15) is 41.0 Å². The fourth-order valence-corrected chi connectivity index (χ4v) is 1.76. The van der Waals surface area contributed by atoms with Crippen LogP contribution in [0.15, 0.2) is 16.8 Å². The van der Waals surface area contributed by atoms with Crippen molar-refractivity contribution in [3.8, 4) is 0 Å². The van der Waals surface area contributed by atoms with E-state index in [-0.39, 0.29) is 18.3 Å². The molecule has 1 saturated heterocycles. The molecule has 0 saturated carbocycles. The summed E-state index contributed by atoms with van der Waals surface area (Å²) in [7, 11) is -0.261. The van der Waals surface area contributed by atoms with Crippen molar-refractivity contribution in [1.29, 1.82) is 0 Å². The van der Waals surface area contributed by atoms with Crippen LogP contribution in [-0.4, -0.2) is 24.0 Å². The monoisotopic (exact) mass is 222 g/mol. The van der Waals surface area contributed by atoms with E-state index in [1.54, 1.807) is 0 Å². The molecule has 4 nitrogen and oxygen atoms in total. The van der Waals surface area contributed by atoms with Crippen molar-refractivity contribution in [2.24, 2.45) is 5.10 Å². The molecule has 16 heavy (non-hydrogen) atoms. The maximum absolute atomic E-state index is 5.97. The highest BCUT2D eigenvalue weighted by Gasteiger charge is 2.52. The summed E-state index contributed by atoms with van der Waals surface area (Å²) >= 11 is 0. The highest BCUT2D eigenvalue weighted by Crippen LogP contribution is 2.39. The lowest BCUT2D eigenvalue weighted by Crippen LogP contribution is -2.41. The number of rotatable bonds is 1. The van der Waals surface area contributed by atoms with Gasteiger partial charge in [0.15, 0.2) is 0 Å². The lowest BCUT2D eigenvalue weighted by Gasteiger charge is -2.32. The zero-order valence-electron chi connectivity index (χ0n) is 10.6. The highest BCUT2D eigenvalue weighted by molar-refractivity contribution is 6.55. The van der Waals surface area contributed by atoms with Crippen LogP contribution in [0, 0.1) is 0 Å². The number of nitrogens with zero attached hydrogens (tertiary/aromatic N) is 1. The van der Waals surface area contributed by atoms with E-state index in [2.05, 4.69) is 38.2 Å². The van der Waals surface area contributed by atoms with Gasteiger partial charge < -0.3 is 9.31 Å². The van der Waals surface area contributed by atoms with Crippen LogP contribution in [0.5, 0.6) is 0 Å². The van der Waals surface area contributed by atoms with Gasteiger partial charge in [0, 0.05) is 18.3 Å². The van der Waals surface area contributed by atoms with Gasteiger partial charge in [0.1, 0.15) is 0 Å². The summed E-state index contributed by atoms with van der Waals surface area (Å²) in [6, 6.07) is 0. The molecule has 0 aliphatic carbocycles. The number of hydrazone groups is 1. The van der Waals surface area contributed by atoms with Gasteiger partial charge in [0.25, 0.3) is 0 Å². The molecule has 0 unspecified atom stereocenters. The van der Waals surface area contributed by atoms with Crippen LogP contribution in [0.4, 0.5) is 0 Å². The Hall–Kier alpha value is -0.805. The van der Waals surface area contributed by atoms with Gasteiger partial charge in [0.2, 0.25) is 0 Å². The predicted molar refractivity (Wildman–Crippen MR) is 65.0 cm³/mol. The Morgan fingerprint density at radius 2 is 1.81 bits per heavy atom. The Morgan fingerprint density at radius 3 is 2.31 bits per heavy atom. The van der Waals surface area contributed by atoms with Gasteiger partial charge in [0.05, 0.1) is 11.2 Å². The third-order valence-electron chi connectivity index (χ3n) is 3.52.